The molecule has 3 nitrogen and oxygen atoms in total. The summed E-state index contributed by atoms with van der Waals surface area (Å²) in [6.07, 6.45) is 4.09. The van der Waals surface area contributed by atoms with Gasteiger partial charge in [-0.3, -0.25) is 4.79 Å². The minimum absolute atomic E-state index is 0.212. The Kier molecular flexibility index (Phi) is 2.76. The van der Waals surface area contributed by atoms with Crippen molar-refractivity contribution >= 4 is 11.6 Å². The molecule has 0 radical (unpaired) electrons. The van der Waals surface area contributed by atoms with Crippen molar-refractivity contribution in [2.24, 2.45) is 29.6 Å². The van der Waals surface area contributed by atoms with E-state index in [1.165, 1.54) is 19.3 Å². The molecule has 3 saturated carbocycles. The Morgan fingerprint density at radius 3 is 2.65 bits per heavy atom. The fourth-order valence-electron chi connectivity index (χ4n) is 4.74. The van der Waals surface area contributed by atoms with Gasteiger partial charge in [0, 0.05) is 5.92 Å². The van der Waals surface area contributed by atoms with Gasteiger partial charge in [-0.05, 0) is 62.0 Å². The number of benzene rings is 1. The Morgan fingerprint density at radius 1 is 1.25 bits per heavy atom. The lowest BCUT2D eigenvalue weighted by Gasteiger charge is -2.13. The highest BCUT2D eigenvalue weighted by atomic mass is 16.5. The summed E-state index contributed by atoms with van der Waals surface area (Å²) in [7, 11) is 0. The Morgan fingerprint density at radius 2 is 1.95 bits per heavy atom. The van der Waals surface area contributed by atoms with E-state index in [1.54, 1.807) is 0 Å². The van der Waals surface area contributed by atoms with Gasteiger partial charge in [0.05, 0.1) is 12.3 Å². The average molecular weight is 271 g/mol. The van der Waals surface area contributed by atoms with Crippen LogP contribution in [0.15, 0.2) is 24.3 Å². The van der Waals surface area contributed by atoms with Crippen LogP contribution in [0.2, 0.25) is 0 Å². The first-order chi connectivity index (χ1) is 9.79. The second kappa shape index (κ2) is 4.51. The smallest absolute Gasteiger partial charge is 0.228 e. The first kappa shape index (κ1) is 12.2. The quantitative estimate of drug-likeness (QED) is 0.912. The van der Waals surface area contributed by atoms with Crippen LogP contribution >= 0.6 is 0 Å². The number of amides is 1. The molecule has 3 aliphatic carbocycles. The average Bonchev–Trinajstić information content (AvgIpc) is 2.90. The summed E-state index contributed by atoms with van der Waals surface area (Å²) in [6.45, 7) is 2.58. The highest BCUT2D eigenvalue weighted by Gasteiger charge is 2.67. The zero-order chi connectivity index (χ0) is 13.7. The van der Waals surface area contributed by atoms with Gasteiger partial charge in [0.15, 0.2) is 0 Å². The summed E-state index contributed by atoms with van der Waals surface area (Å²) in [6, 6.07) is 7.72. The molecule has 0 unspecified atom stereocenters. The SMILES string of the molecule is CCOc1ccccc1NC(=O)C1[C@@H]2[C@@H]3CC[C@H](C3)[C@@H]12. The second-order valence-corrected chi connectivity index (χ2v) is 6.43. The van der Waals surface area contributed by atoms with Gasteiger partial charge in [-0.2, -0.15) is 0 Å². The summed E-state index contributed by atoms with van der Waals surface area (Å²) >= 11 is 0. The molecule has 3 fully saturated rings. The summed E-state index contributed by atoms with van der Waals surface area (Å²) < 4.78 is 5.57. The number of fused-ring (bicyclic) bond motifs is 5. The highest BCUT2D eigenvalue weighted by molar-refractivity contribution is 5.96. The molecule has 3 aliphatic rings. The number of carbonyl (C=O) groups excluding carboxylic acids is 1. The molecule has 20 heavy (non-hydrogen) atoms. The van der Waals surface area contributed by atoms with Crippen LogP contribution < -0.4 is 10.1 Å². The van der Waals surface area contributed by atoms with Crippen LogP contribution in [0.5, 0.6) is 5.75 Å². The Labute approximate surface area is 119 Å². The summed E-state index contributed by atoms with van der Waals surface area (Å²) in [5.41, 5.74) is 0.816. The predicted octanol–water partition coefficient (Wildman–Crippen LogP) is 3.32. The fraction of sp³-hybridized carbons (Fsp3) is 0.588. The maximum Gasteiger partial charge on any atom is 0.228 e. The first-order valence-electron chi connectivity index (χ1n) is 7.82. The van der Waals surface area contributed by atoms with E-state index in [2.05, 4.69) is 5.32 Å². The molecule has 4 atom stereocenters. The van der Waals surface area contributed by atoms with Crippen LogP contribution in [0.25, 0.3) is 0 Å². The number of ether oxygens (including phenoxy) is 1. The lowest BCUT2D eigenvalue weighted by atomic mass is 10.0. The summed E-state index contributed by atoms with van der Waals surface area (Å²) in [4.78, 5) is 12.5. The third-order valence-electron chi connectivity index (χ3n) is 5.48. The molecule has 0 aromatic heterocycles. The minimum Gasteiger partial charge on any atom is -0.492 e. The molecular formula is C17H21NO2. The number of anilines is 1. The van der Waals surface area contributed by atoms with Crippen LogP contribution in [0.1, 0.15) is 26.2 Å². The van der Waals surface area contributed by atoms with Crippen LogP contribution in [0.4, 0.5) is 5.69 Å². The number of hydrogen-bond donors (Lipinski definition) is 1. The van der Waals surface area contributed by atoms with Crippen molar-refractivity contribution in [1.82, 2.24) is 0 Å². The Hall–Kier alpha value is -1.51. The Balaban J connectivity index is 1.47. The maximum atomic E-state index is 12.5. The third kappa shape index (κ3) is 1.75. The number of para-hydroxylation sites is 2. The van der Waals surface area contributed by atoms with Gasteiger partial charge >= 0.3 is 0 Å². The number of rotatable bonds is 4. The molecule has 1 aromatic rings. The van der Waals surface area contributed by atoms with Crippen molar-refractivity contribution in [2.45, 2.75) is 26.2 Å². The van der Waals surface area contributed by atoms with Gasteiger partial charge in [-0.25, -0.2) is 0 Å². The standard InChI is InChI=1S/C17H21NO2/c1-2-20-13-6-4-3-5-12(13)18-17(19)16-14-10-7-8-11(9-10)15(14)16/h3-6,10-11,14-16H,2,7-9H2,1H3,(H,18,19)/t10-,11-,14-,15-/m1/s1. The van der Waals surface area contributed by atoms with Gasteiger partial charge in [0.25, 0.3) is 0 Å². The Bertz CT molecular complexity index is 526. The van der Waals surface area contributed by atoms with E-state index in [-0.39, 0.29) is 11.8 Å². The molecule has 1 amide bonds. The lowest BCUT2D eigenvalue weighted by molar-refractivity contribution is -0.118. The van der Waals surface area contributed by atoms with Crippen LogP contribution in [-0.4, -0.2) is 12.5 Å². The van der Waals surface area contributed by atoms with Gasteiger partial charge in [-0.1, -0.05) is 12.1 Å². The lowest BCUT2D eigenvalue weighted by Crippen LogP contribution is -2.19. The third-order valence-corrected chi connectivity index (χ3v) is 5.48. The fourth-order valence-corrected chi connectivity index (χ4v) is 4.74. The van der Waals surface area contributed by atoms with Crippen LogP contribution in [0.3, 0.4) is 0 Å². The minimum atomic E-state index is 0.212. The number of carbonyl (C=O) groups is 1. The second-order valence-electron chi connectivity index (χ2n) is 6.43. The van der Waals surface area contributed by atoms with E-state index in [1.807, 2.05) is 31.2 Å². The van der Waals surface area contributed by atoms with Gasteiger partial charge in [0.2, 0.25) is 5.91 Å². The van der Waals surface area contributed by atoms with E-state index >= 15 is 0 Å². The van der Waals surface area contributed by atoms with E-state index in [4.69, 9.17) is 4.74 Å². The number of nitrogens with one attached hydrogen (secondary N) is 1. The molecule has 1 N–H and O–H groups in total. The van der Waals surface area contributed by atoms with Gasteiger partial charge < -0.3 is 10.1 Å². The van der Waals surface area contributed by atoms with Crippen molar-refractivity contribution in [3.05, 3.63) is 24.3 Å². The molecule has 3 heteroatoms. The maximum absolute atomic E-state index is 12.5. The molecule has 0 heterocycles. The van der Waals surface area contributed by atoms with Crippen molar-refractivity contribution in [3.8, 4) is 5.75 Å². The molecular weight excluding hydrogens is 250 g/mol. The van der Waals surface area contributed by atoms with E-state index in [0.717, 1.165) is 23.3 Å². The normalized spacial score (nSPS) is 36.5. The molecule has 0 aliphatic heterocycles. The van der Waals surface area contributed by atoms with Crippen molar-refractivity contribution in [1.29, 1.82) is 0 Å². The van der Waals surface area contributed by atoms with E-state index in [0.29, 0.717) is 18.4 Å². The zero-order valence-corrected chi connectivity index (χ0v) is 11.8. The van der Waals surface area contributed by atoms with Crippen LogP contribution in [0, 0.1) is 29.6 Å². The van der Waals surface area contributed by atoms with Crippen molar-refractivity contribution in [2.75, 3.05) is 11.9 Å². The topological polar surface area (TPSA) is 38.3 Å². The van der Waals surface area contributed by atoms with E-state index in [9.17, 15) is 4.79 Å². The largest absolute Gasteiger partial charge is 0.492 e. The van der Waals surface area contributed by atoms with Crippen molar-refractivity contribution < 1.29 is 9.53 Å². The molecule has 106 valence electrons. The monoisotopic (exact) mass is 271 g/mol. The summed E-state index contributed by atoms with van der Waals surface area (Å²) in [5, 5.41) is 3.09. The first-order valence-corrected chi connectivity index (χ1v) is 7.82. The van der Waals surface area contributed by atoms with E-state index < -0.39 is 0 Å². The molecule has 1 aromatic carbocycles. The van der Waals surface area contributed by atoms with Gasteiger partial charge in [-0.15, -0.1) is 0 Å². The van der Waals surface area contributed by atoms with Crippen LogP contribution in [-0.2, 0) is 4.79 Å². The molecule has 0 saturated heterocycles. The summed E-state index contributed by atoms with van der Waals surface area (Å²) in [5.74, 6) is 4.31. The molecule has 0 spiro atoms. The molecule has 4 rings (SSSR count). The van der Waals surface area contributed by atoms with Crippen molar-refractivity contribution in [3.63, 3.8) is 0 Å². The molecule has 2 bridgehead atoms. The predicted molar refractivity (Wildman–Crippen MR) is 77.5 cm³/mol. The highest BCUT2D eigenvalue weighted by Crippen LogP contribution is 2.69. The van der Waals surface area contributed by atoms with Gasteiger partial charge in [0.1, 0.15) is 5.75 Å². The zero-order valence-electron chi connectivity index (χ0n) is 11.8. The number of hydrogen-bond acceptors (Lipinski definition) is 2.